The highest BCUT2D eigenvalue weighted by Crippen LogP contribution is 2.14. The third-order valence-corrected chi connectivity index (χ3v) is 4.74. The summed E-state index contributed by atoms with van der Waals surface area (Å²) in [6, 6.07) is 0. The predicted molar refractivity (Wildman–Crippen MR) is 109 cm³/mol. The van der Waals surface area contributed by atoms with E-state index < -0.39 is 5.97 Å². The van der Waals surface area contributed by atoms with E-state index in [1.165, 1.54) is 77.0 Å². The molecule has 0 fully saturated rings. The van der Waals surface area contributed by atoms with Crippen molar-refractivity contribution in [3.05, 3.63) is 0 Å². The second-order valence-electron chi connectivity index (χ2n) is 7.39. The first-order valence-corrected chi connectivity index (χ1v) is 11.2. The van der Waals surface area contributed by atoms with Crippen molar-refractivity contribution in [1.82, 2.24) is 0 Å². The minimum atomic E-state index is -0.931. The summed E-state index contributed by atoms with van der Waals surface area (Å²) in [6.07, 6.45) is 19.8. The number of hydrogen-bond acceptors (Lipinski definition) is 3. The van der Waals surface area contributed by atoms with Gasteiger partial charge in [-0.05, 0) is 19.3 Å². The molecule has 26 heavy (non-hydrogen) atoms. The first kappa shape index (κ1) is 25.4. The molecule has 0 aromatic rings. The van der Waals surface area contributed by atoms with Gasteiger partial charge in [-0.2, -0.15) is 0 Å². The number of carboxylic acids is 1. The molecule has 0 aromatic heterocycles. The lowest BCUT2D eigenvalue weighted by molar-refractivity contribution is -0.170. The van der Waals surface area contributed by atoms with Crippen LogP contribution in [0.5, 0.6) is 0 Å². The highest BCUT2D eigenvalue weighted by atomic mass is 16.7. The van der Waals surface area contributed by atoms with Gasteiger partial charge in [0.2, 0.25) is 0 Å². The van der Waals surface area contributed by atoms with Crippen molar-refractivity contribution < 1.29 is 19.4 Å². The third kappa shape index (κ3) is 19.7. The van der Waals surface area contributed by atoms with Gasteiger partial charge in [-0.1, -0.05) is 97.3 Å². The summed E-state index contributed by atoms with van der Waals surface area (Å²) in [4.78, 5) is 10.6. The van der Waals surface area contributed by atoms with E-state index in [-0.39, 0.29) is 12.9 Å². The first-order chi connectivity index (χ1) is 12.7. The van der Waals surface area contributed by atoms with Gasteiger partial charge in [0.1, 0.15) is 6.61 Å². The van der Waals surface area contributed by atoms with E-state index in [4.69, 9.17) is 14.6 Å². The smallest absolute Gasteiger partial charge is 0.329 e. The molecule has 1 N–H and O–H groups in total. The van der Waals surface area contributed by atoms with E-state index in [0.717, 1.165) is 25.7 Å². The van der Waals surface area contributed by atoms with Crippen molar-refractivity contribution in [3.63, 3.8) is 0 Å². The molecule has 4 nitrogen and oxygen atoms in total. The summed E-state index contributed by atoms with van der Waals surface area (Å²) in [7, 11) is 0. The fourth-order valence-electron chi connectivity index (χ4n) is 3.07. The van der Waals surface area contributed by atoms with E-state index in [9.17, 15) is 4.79 Å². The fraction of sp³-hybridized carbons (Fsp3) is 0.955. The molecule has 1 unspecified atom stereocenters. The van der Waals surface area contributed by atoms with Crippen LogP contribution in [-0.4, -0.2) is 30.6 Å². The first-order valence-electron chi connectivity index (χ1n) is 11.2. The zero-order chi connectivity index (χ0) is 19.3. The highest BCUT2D eigenvalue weighted by Gasteiger charge is 2.11. The Bertz CT molecular complexity index is 294. The van der Waals surface area contributed by atoms with Crippen LogP contribution in [0.1, 0.15) is 117 Å². The quantitative estimate of drug-likeness (QED) is 0.180. The molecule has 0 radical (unpaired) electrons. The van der Waals surface area contributed by atoms with Crippen molar-refractivity contribution in [2.45, 2.75) is 123 Å². The van der Waals surface area contributed by atoms with Crippen LogP contribution in [0.25, 0.3) is 0 Å². The van der Waals surface area contributed by atoms with E-state index in [1.807, 2.05) is 0 Å². The lowest BCUT2D eigenvalue weighted by Crippen LogP contribution is -2.22. The second kappa shape index (κ2) is 20.7. The summed E-state index contributed by atoms with van der Waals surface area (Å²) in [6.45, 7) is 4.76. The van der Waals surface area contributed by atoms with E-state index >= 15 is 0 Å². The standard InChI is InChI=1S/C22H44O4/c1-3-5-7-8-9-10-11-12-13-14-15-16-17-18-22(25-19-6-4-2)26-20-21(23)24/h22H,3-20H2,1-2H3,(H,23,24). The van der Waals surface area contributed by atoms with Gasteiger partial charge < -0.3 is 14.6 Å². The monoisotopic (exact) mass is 372 g/mol. The Balaban J connectivity index is 3.46. The topological polar surface area (TPSA) is 55.8 Å². The van der Waals surface area contributed by atoms with Crippen molar-refractivity contribution in [2.24, 2.45) is 0 Å². The van der Waals surface area contributed by atoms with E-state index in [0.29, 0.717) is 6.61 Å². The van der Waals surface area contributed by atoms with Gasteiger partial charge in [0.05, 0.1) is 0 Å². The van der Waals surface area contributed by atoms with Gasteiger partial charge in [-0.3, -0.25) is 0 Å². The van der Waals surface area contributed by atoms with Crippen molar-refractivity contribution in [2.75, 3.05) is 13.2 Å². The summed E-state index contributed by atoms with van der Waals surface area (Å²) in [5, 5.41) is 8.74. The van der Waals surface area contributed by atoms with Gasteiger partial charge in [0.15, 0.2) is 6.29 Å². The van der Waals surface area contributed by atoms with Gasteiger partial charge in [-0.25, -0.2) is 4.79 Å². The van der Waals surface area contributed by atoms with Crippen LogP contribution in [0.4, 0.5) is 0 Å². The molecule has 0 saturated carbocycles. The summed E-state index contributed by atoms with van der Waals surface area (Å²) in [5.41, 5.74) is 0. The molecule has 0 aliphatic heterocycles. The Labute approximate surface area is 162 Å². The van der Waals surface area contributed by atoms with Crippen LogP contribution in [0.3, 0.4) is 0 Å². The number of carboxylic acid groups (broad SMARTS) is 1. The minimum absolute atomic E-state index is 0.269. The molecule has 156 valence electrons. The SMILES string of the molecule is CCCCCCCCCCCCCCCC(OCCCC)OCC(=O)O. The molecule has 0 bridgehead atoms. The average Bonchev–Trinajstić information content (AvgIpc) is 2.63. The number of aliphatic carboxylic acids is 1. The molecular weight excluding hydrogens is 328 g/mol. The van der Waals surface area contributed by atoms with E-state index in [1.54, 1.807) is 0 Å². The van der Waals surface area contributed by atoms with Crippen molar-refractivity contribution >= 4 is 5.97 Å². The molecule has 0 aliphatic rings. The molecular formula is C22H44O4. The van der Waals surface area contributed by atoms with Gasteiger partial charge in [0, 0.05) is 6.61 Å². The number of unbranched alkanes of at least 4 members (excludes halogenated alkanes) is 13. The number of carbonyl (C=O) groups is 1. The molecule has 0 aliphatic carbocycles. The van der Waals surface area contributed by atoms with Crippen LogP contribution in [0.2, 0.25) is 0 Å². The largest absolute Gasteiger partial charge is 0.480 e. The number of ether oxygens (including phenoxy) is 2. The lowest BCUT2D eigenvalue weighted by atomic mass is 10.0. The van der Waals surface area contributed by atoms with Crippen molar-refractivity contribution in [3.8, 4) is 0 Å². The van der Waals surface area contributed by atoms with Crippen LogP contribution in [-0.2, 0) is 14.3 Å². The number of rotatable bonds is 21. The van der Waals surface area contributed by atoms with Crippen LogP contribution >= 0.6 is 0 Å². The molecule has 0 aromatic carbocycles. The molecule has 0 amide bonds. The highest BCUT2D eigenvalue weighted by molar-refractivity contribution is 5.67. The Hall–Kier alpha value is -0.610. The Kier molecular flexibility index (Phi) is 20.2. The molecule has 0 spiro atoms. The van der Waals surface area contributed by atoms with Gasteiger partial charge in [0.25, 0.3) is 0 Å². The summed E-state index contributed by atoms with van der Waals surface area (Å²) in [5.74, 6) is -0.931. The maximum atomic E-state index is 10.6. The second-order valence-corrected chi connectivity index (χ2v) is 7.39. The maximum absolute atomic E-state index is 10.6. The molecule has 0 heterocycles. The van der Waals surface area contributed by atoms with Crippen molar-refractivity contribution in [1.29, 1.82) is 0 Å². The van der Waals surface area contributed by atoms with Crippen LogP contribution < -0.4 is 0 Å². The Morgan fingerprint density at radius 1 is 0.692 bits per heavy atom. The average molecular weight is 373 g/mol. The van der Waals surface area contributed by atoms with Crippen LogP contribution in [0.15, 0.2) is 0 Å². The fourth-order valence-corrected chi connectivity index (χ4v) is 3.07. The summed E-state index contributed by atoms with van der Waals surface area (Å²) >= 11 is 0. The minimum Gasteiger partial charge on any atom is -0.480 e. The van der Waals surface area contributed by atoms with Gasteiger partial charge >= 0.3 is 5.97 Å². The number of hydrogen-bond donors (Lipinski definition) is 1. The Morgan fingerprint density at radius 3 is 1.62 bits per heavy atom. The summed E-state index contributed by atoms with van der Waals surface area (Å²) < 4.78 is 11.0. The van der Waals surface area contributed by atoms with Gasteiger partial charge in [-0.15, -0.1) is 0 Å². The molecule has 0 saturated heterocycles. The van der Waals surface area contributed by atoms with E-state index in [2.05, 4.69) is 13.8 Å². The van der Waals surface area contributed by atoms with Crippen LogP contribution in [0, 0.1) is 0 Å². The zero-order valence-electron chi connectivity index (χ0n) is 17.5. The Morgan fingerprint density at radius 2 is 1.15 bits per heavy atom. The third-order valence-electron chi connectivity index (χ3n) is 4.74. The lowest BCUT2D eigenvalue weighted by Gasteiger charge is -2.17. The zero-order valence-corrected chi connectivity index (χ0v) is 17.5. The normalized spacial score (nSPS) is 12.4. The molecule has 4 heteroatoms. The maximum Gasteiger partial charge on any atom is 0.329 e. The predicted octanol–water partition coefficient (Wildman–Crippen LogP) is 6.71. The molecule has 0 rings (SSSR count). The molecule has 1 atom stereocenters.